The van der Waals surface area contributed by atoms with Gasteiger partial charge >= 0.3 is 5.97 Å². The van der Waals surface area contributed by atoms with E-state index in [1.54, 1.807) is 0 Å². The quantitative estimate of drug-likeness (QED) is 0.647. The molecule has 4 heteroatoms. The Labute approximate surface area is 127 Å². The molecule has 0 aromatic heterocycles. The molecule has 0 aliphatic rings. The lowest BCUT2D eigenvalue weighted by Crippen LogP contribution is -2.50. The van der Waals surface area contributed by atoms with Gasteiger partial charge in [0.15, 0.2) is 6.54 Å². The third-order valence-electron chi connectivity index (χ3n) is 3.38. The molecular weight excluding hydrogens is 266 g/mol. The summed E-state index contributed by atoms with van der Waals surface area (Å²) in [6, 6.07) is 8.13. The summed E-state index contributed by atoms with van der Waals surface area (Å²) < 4.78 is 5.85. The molecule has 0 bridgehead atoms. The molecule has 0 aliphatic carbocycles. The van der Waals surface area contributed by atoms with Crippen LogP contribution in [0.4, 0.5) is 0 Å². The zero-order valence-corrected chi connectivity index (χ0v) is 13.8. The number of aliphatic hydroxyl groups is 1. The van der Waals surface area contributed by atoms with Gasteiger partial charge in [-0.05, 0) is 33.3 Å². The van der Waals surface area contributed by atoms with Crippen LogP contribution in [0.5, 0.6) is 0 Å². The molecule has 1 aromatic carbocycles. The number of hydrogen-bond acceptors (Lipinski definition) is 3. The number of carbonyl (C=O) groups is 1. The summed E-state index contributed by atoms with van der Waals surface area (Å²) in [5, 5.41) is 9.33. The van der Waals surface area contributed by atoms with E-state index in [0.29, 0.717) is 17.6 Å². The van der Waals surface area contributed by atoms with Crippen LogP contribution in [0.3, 0.4) is 0 Å². The molecular formula is C17H28NO3+. The number of quaternary nitrogens is 1. The maximum Gasteiger partial charge on any atom is 0.362 e. The van der Waals surface area contributed by atoms with Crippen LogP contribution in [0, 0.1) is 6.92 Å². The van der Waals surface area contributed by atoms with Gasteiger partial charge in [-0.25, -0.2) is 4.79 Å². The van der Waals surface area contributed by atoms with Crippen LogP contribution >= 0.6 is 0 Å². The van der Waals surface area contributed by atoms with E-state index in [1.165, 1.54) is 11.1 Å². The Morgan fingerprint density at radius 2 is 1.90 bits per heavy atom. The molecule has 118 valence electrons. The third kappa shape index (κ3) is 6.27. The van der Waals surface area contributed by atoms with Crippen molar-refractivity contribution in [3.8, 4) is 0 Å². The Bertz CT molecular complexity index is 479. The number of benzene rings is 1. The number of hydrogen-bond donors (Lipinski definition) is 1. The molecule has 1 N–H and O–H groups in total. The Morgan fingerprint density at radius 3 is 2.43 bits per heavy atom. The molecule has 21 heavy (non-hydrogen) atoms. The van der Waals surface area contributed by atoms with Gasteiger partial charge in [0, 0.05) is 5.56 Å². The highest BCUT2D eigenvalue weighted by Crippen LogP contribution is 2.17. The maximum atomic E-state index is 12.1. The fourth-order valence-electron chi connectivity index (χ4n) is 2.34. The van der Waals surface area contributed by atoms with Crippen molar-refractivity contribution >= 4 is 5.97 Å². The van der Waals surface area contributed by atoms with Crippen LogP contribution in [0.25, 0.3) is 0 Å². The van der Waals surface area contributed by atoms with E-state index in [9.17, 15) is 9.90 Å². The Morgan fingerprint density at radius 1 is 1.29 bits per heavy atom. The number of carbonyl (C=O) groups excluding carboxylic acids is 1. The van der Waals surface area contributed by atoms with Gasteiger partial charge < -0.3 is 14.3 Å². The Hall–Kier alpha value is -1.39. The summed E-state index contributed by atoms with van der Waals surface area (Å²) in [6.45, 7) is 9.18. The summed E-state index contributed by atoms with van der Waals surface area (Å²) in [4.78, 5) is 12.1. The number of esters is 1. The van der Waals surface area contributed by atoms with Crippen LogP contribution in [-0.4, -0.2) is 47.9 Å². The SMILES string of the molecule is Cc1ccccc1C[N@+](C)(CCO)CC(=O)OC(C)(C)C. The Kier molecular flexibility index (Phi) is 5.93. The van der Waals surface area contributed by atoms with Crippen LogP contribution < -0.4 is 0 Å². The van der Waals surface area contributed by atoms with E-state index in [1.807, 2.05) is 40.0 Å². The third-order valence-corrected chi connectivity index (χ3v) is 3.38. The second kappa shape index (κ2) is 7.05. The average molecular weight is 294 g/mol. The fourth-order valence-corrected chi connectivity index (χ4v) is 2.34. The van der Waals surface area contributed by atoms with Gasteiger partial charge in [0.2, 0.25) is 0 Å². The van der Waals surface area contributed by atoms with Crippen molar-refractivity contribution in [1.82, 2.24) is 0 Å². The number of nitrogens with zero attached hydrogens (tertiary/aromatic N) is 1. The van der Waals surface area contributed by atoms with Crippen molar-refractivity contribution in [2.24, 2.45) is 0 Å². The summed E-state index contributed by atoms with van der Waals surface area (Å²) in [6.07, 6.45) is 0. The summed E-state index contributed by atoms with van der Waals surface area (Å²) in [7, 11) is 1.98. The van der Waals surface area contributed by atoms with E-state index in [2.05, 4.69) is 19.1 Å². The fraction of sp³-hybridized carbons (Fsp3) is 0.588. The topological polar surface area (TPSA) is 46.5 Å². The summed E-state index contributed by atoms with van der Waals surface area (Å²) in [5.41, 5.74) is 1.91. The van der Waals surface area contributed by atoms with E-state index >= 15 is 0 Å². The zero-order chi connectivity index (χ0) is 16.1. The normalized spacial score (nSPS) is 14.6. The Balaban J connectivity index is 2.83. The highest BCUT2D eigenvalue weighted by molar-refractivity contribution is 5.71. The van der Waals surface area contributed by atoms with Crippen LogP contribution in [-0.2, 0) is 16.1 Å². The van der Waals surface area contributed by atoms with Gasteiger partial charge in [-0.3, -0.25) is 0 Å². The van der Waals surface area contributed by atoms with Crippen molar-refractivity contribution in [3.63, 3.8) is 0 Å². The van der Waals surface area contributed by atoms with Gasteiger partial charge in [0.05, 0.1) is 13.7 Å². The highest BCUT2D eigenvalue weighted by atomic mass is 16.6. The van der Waals surface area contributed by atoms with Gasteiger partial charge in [-0.2, -0.15) is 0 Å². The predicted molar refractivity (Wildman–Crippen MR) is 83.7 cm³/mol. The first-order valence-corrected chi connectivity index (χ1v) is 7.36. The molecule has 0 spiro atoms. The molecule has 0 saturated carbocycles. The van der Waals surface area contributed by atoms with E-state index in [4.69, 9.17) is 4.74 Å². The minimum absolute atomic E-state index is 0.0468. The second-order valence-electron chi connectivity index (χ2n) is 6.90. The van der Waals surface area contributed by atoms with Gasteiger partial charge in [0.25, 0.3) is 0 Å². The number of rotatable bonds is 6. The average Bonchev–Trinajstić information content (AvgIpc) is 2.29. The monoisotopic (exact) mass is 294 g/mol. The smallest absolute Gasteiger partial charge is 0.362 e. The number of ether oxygens (including phenoxy) is 1. The van der Waals surface area contributed by atoms with E-state index in [0.717, 1.165) is 0 Å². The molecule has 1 rings (SSSR count). The van der Waals surface area contributed by atoms with E-state index < -0.39 is 5.60 Å². The lowest BCUT2D eigenvalue weighted by Gasteiger charge is -2.34. The molecule has 0 radical (unpaired) electrons. The van der Waals surface area contributed by atoms with Crippen LogP contribution in [0.1, 0.15) is 31.9 Å². The highest BCUT2D eigenvalue weighted by Gasteiger charge is 2.29. The molecule has 4 nitrogen and oxygen atoms in total. The zero-order valence-electron chi connectivity index (χ0n) is 13.8. The predicted octanol–water partition coefficient (Wildman–Crippen LogP) is 2.28. The van der Waals surface area contributed by atoms with Gasteiger partial charge in [0.1, 0.15) is 18.7 Å². The molecule has 0 heterocycles. The largest absolute Gasteiger partial charge is 0.456 e. The lowest BCUT2D eigenvalue weighted by molar-refractivity contribution is -0.916. The first-order valence-electron chi connectivity index (χ1n) is 7.36. The minimum atomic E-state index is -0.482. The standard InChI is InChI=1S/C17H28NO3/c1-14-8-6-7-9-15(14)12-18(5,10-11-19)13-16(20)21-17(2,3)4/h6-9,19H,10-13H2,1-5H3/q+1/t18-/m0/s1. The molecule has 0 fully saturated rings. The van der Waals surface area contributed by atoms with Crippen molar-refractivity contribution in [2.45, 2.75) is 39.8 Å². The van der Waals surface area contributed by atoms with Crippen LogP contribution in [0.15, 0.2) is 24.3 Å². The molecule has 1 atom stereocenters. The van der Waals surface area contributed by atoms with Gasteiger partial charge in [-0.15, -0.1) is 0 Å². The number of aryl methyl sites for hydroxylation is 1. The first-order chi connectivity index (χ1) is 9.65. The number of likely N-dealkylation sites (N-methyl/N-ethyl adjacent to an activating group) is 1. The molecule has 0 unspecified atom stereocenters. The van der Waals surface area contributed by atoms with Crippen molar-refractivity contribution in [3.05, 3.63) is 35.4 Å². The van der Waals surface area contributed by atoms with Crippen LogP contribution in [0.2, 0.25) is 0 Å². The molecule has 0 amide bonds. The van der Waals surface area contributed by atoms with E-state index in [-0.39, 0.29) is 19.1 Å². The summed E-state index contributed by atoms with van der Waals surface area (Å²) >= 11 is 0. The van der Waals surface area contributed by atoms with Crippen molar-refractivity contribution < 1.29 is 19.1 Å². The molecule has 1 aromatic rings. The van der Waals surface area contributed by atoms with Gasteiger partial charge in [-0.1, -0.05) is 24.3 Å². The minimum Gasteiger partial charge on any atom is -0.456 e. The first kappa shape index (κ1) is 17.7. The maximum absolute atomic E-state index is 12.1. The molecule has 0 saturated heterocycles. The second-order valence-corrected chi connectivity index (χ2v) is 6.90. The summed E-state index contributed by atoms with van der Waals surface area (Å²) in [5.74, 6) is -0.230. The molecule has 0 aliphatic heterocycles. The van der Waals surface area contributed by atoms with Crippen molar-refractivity contribution in [1.29, 1.82) is 0 Å². The lowest BCUT2D eigenvalue weighted by atomic mass is 10.1. The number of aliphatic hydroxyl groups excluding tert-OH is 1. The van der Waals surface area contributed by atoms with Crippen molar-refractivity contribution in [2.75, 3.05) is 26.7 Å².